The molecular weight excluding hydrogens is 412 g/mol. The molecule has 0 aliphatic heterocycles. The maximum Gasteiger partial charge on any atom is 3.00 e. The molecule has 0 saturated heterocycles. The topological polar surface area (TPSA) is 0 Å². The van der Waals surface area contributed by atoms with Crippen molar-refractivity contribution >= 4 is 10.8 Å². The Balaban J connectivity index is 0.000000436. The van der Waals surface area contributed by atoms with Crippen LogP contribution in [0, 0.1) is 6.07 Å². The van der Waals surface area contributed by atoms with Gasteiger partial charge >= 0.3 is 26.2 Å². The van der Waals surface area contributed by atoms with Crippen molar-refractivity contribution < 1.29 is 40.3 Å². The summed E-state index contributed by atoms with van der Waals surface area (Å²) in [6.45, 7) is 0. The second-order valence-corrected chi connectivity index (χ2v) is 5.55. The van der Waals surface area contributed by atoms with E-state index in [4.69, 9.17) is 0 Å². The first-order chi connectivity index (χ1) is 10.9. The van der Waals surface area contributed by atoms with E-state index in [-0.39, 0.29) is 40.3 Å². The first kappa shape index (κ1) is 23.9. The van der Waals surface area contributed by atoms with Crippen molar-refractivity contribution in [2.24, 2.45) is 0 Å². The molecule has 0 nitrogen and oxygen atoms in total. The molecule has 4 aromatic rings. The molecule has 4 aromatic carbocycles. The van der Waals surface area contributed by atoms with Gasteiger partial charge in [0.15, 0.2) is 0 Å². The molecule has 0 aromatic heterocycles. The molecule has 0 spiro atoms. The molecule has 1 aliphatic rings. The number of rotatable bonds is 0. The molecule has 0 saturated carbocycles. The first-order valence-electron chi connectivity index (χ1n) is 7.60. The van der Waals surface area contributed by atoms with Gasteiger partial charge in [-0.1, -0.05) is 41.5 Å². The van der Waals surface area contributed by atoms with Crippen LogP contribution in [-0.4, -0.2) is 0 Å². The summed E-state index contributed by atoms with van der Waals surface area (Å²) in [4.78, 5) is 0. The SMILES string of the molecule is [F-].[F-].[F-].[Zr+3].[c-]1cccc2c1Cc1ccccc1-2.c1ccc2[cH-]ccc2c1. The van der Waals surface area contributed by atoms with Gasteiger partial charge in [-0.2, -0.15) is 47.3 Å². The normalized spacial score (nSPS) is 9.69. The zero-order valence-electron chi connectivity index (χ0n) is 13.9. The van der Waals surface area contributed by atoms with Crippen molar-refractivity contribution in [1.29, 1.82) is 0 Å². The van der Waals surface area contributed by atoms with Crippen molar-refractivity contribution in [3.63, 3.8) is 0 Å². The molecule has 4 heteroatoms. The first-order valence-corrected chi connectivity index (χ1v) is 7.60. The fourth-order valence-electron chi connectivity index (χ4n) is 3.07. The van der Waals surface area contributed by atoms with Crippen LogP contribution in [0.1, 0.15) is 11.1 Å². The largest absolute Gasteiger partial charge is 3.00 e. The van der Waals surface area contributed by atoms with Gasteiger partial charge < -0.3 is 14.1 Å². The second kappa shape index (κ2) is 10.8. The average Bonchev–Trinajstić information content (AvgIpc) is 3.19. The average molecular weight is 429 g/mol. The molecule has 0 fully saturated rings. The van der Waals surface area contributed by atoms with E-state index in [0.29, 0.717) is 0 Å². The quantitative estimate of drug-likeness (QED) is 0.226. The van der Waals surface area contributed by atoms with Gasteiger partial charge in [0.2, 0.25) is 0 Å². The van der Waals surface area contributed by atoms with Gasteiger partial charge in [-0.15, -0.1) is 35.2 Å². The zero-order chi connectivity index (χ0) is 14.8. The van der Waals surface area contributed by atoms with E-state index in [1.807, 2.05) is 6.07 Å². The van der Waals surface area contributed by atoms with Crippen molar-refractivity contribution in [1.82, 2.24) is 0 Å². The smallest absolute Gasteiger partial charge is 1.00 e. The summed E-state index contributed by atoms with van der Waals surface area (Å²) in [6, 6.07) is 32.8. The van der Waals surface area contributed by atoms with E-state index in [9.17, 15) is 0 Å². The third-order valence-corrected chi connectivity index (χ3v) is 4.16. The maximum atomic E-state index is 3.30. The van der Waals surface area contributed by atoms with Crippen LogP contribution < -0.4 is 14.1 Å². The number of hydrogen-bond acceptors (Lipinski definition) is 0. The molecule has 1 aliphatic carbocycles. The van der Waals surface area contributed by atoms with E-state index in [1.165, 1.54) is 33.0 Å². The summed E-state index contributed by atoms with van der Waals surface area (Å²) in [5.41, 5.74) is 5.51. The van der Waals surface area contributed by atoms with Crippen molar-refractivity contribution in [2.45, 2.75) is 6.42 Å². The van der Waals surface area contributed by atoms with E-state index in [1.54, 1.807) is 0 Å². The van der Waals surface area contributed by atoms with Gasteiger partial charge in [0.05, 0.1) is 0 Å². The monoisotopic (exact) mass is 427 g/mol. The Morgan fingerprint density at radius 3 is 2.23 bits per heavy atom. The Hall–Kier alpha value is -2.06. The van der Waals surface area contributed by atoms with Gasteiger partial charge in [0.25, 0.3) is 0 Å². The summed E-state index contributed by atoms with van der Waals surface area (Å²) in [6.07, 6.45) is 1.05. The van der Waals surface area contributed by atoms with Crippen molar-refractivity contribution in [3.8, 4) is 11.1 Å². The van der Waals surface area contributed by atoms with Gasteiger partial charge in [-0.05, 0) is 6.42 Å². The number of halogens is 3. The molecule has 0 bridgehead atoms. The van der Waals surface area contributed by atoms with Crippen LogP contribution in [0.25, 0.3) is 21.9 Å². The fraction of sp³-hybridized carbons (Fsp3) is 0.0455. The minimum absolute atomic E-state index is 0. The zero-order valence-corrected chi connectivity index (χ0v) is 16.4. The number of hydrogen-bond donors (Lipinski definition) is 0. The van der Waals surface area contributed by atoms with Gasteiger partial charge in [0.1, 0.15) is 0 Å². The Morgan fingerprint density at radius 1 is 0.731 bits per heavy atom. The Bertz CT molecular complexity index is 857. The minimum atomic E-state index is 0. The van der Waals surface area contributed by atoms with E-state index in [0.717, 1.165) is 6.42 Å². The molecule has 0 atom stereocenters. The summed E-state index contributed by atoms with van der Waals surface area (Å²) in [7, 11) is 0. The van der Waals surface area contributed by atoms with Crippen LogP contribution in [-0.2, 0) is 32.6 Å². The summed E-state index contributed by atoms with van der Waals surface area (Å²) < 4.78 is 0. The number of benzene rings is 3. The van der Waals surface area contributed by atoms with Gasteiger partial charge in [0, 0.05) is 0 Å². The van der Waals surface area contributed by atoms with Crippen LogP contribution in [0.15, 0.2) is 84.9 Å². The third-order valence-electron chi connectivity index (χ3n) is 4.16. The Morgan fingerprint density at radius 2 is 1.42 bits per heavy atom. The molecule has 0 heterocycles. The molecule has 26 heavy (non-hydrogen) atoms. The summed E-state index contributed by atoms with van der Waals surface area (Å²) >= 11 is 0. The van der Waals surface area contributed by atoms with Crippen molar-refractivity contribution in [3.05, 3.63) is 102 Å². The summed E-state index contributed by atoms with van der Waals surface area (Å²) in [5.74, 6) is 0. The van der Waals surface area contributed by atoms with Crippen LogP contribution in [0.2, 0.25) is 0 Å². The Labute approximate surface area is 170 Å². The third kappa shape index (κ3) is 4.76. The Kier molecular flexibility index (Phi) is 9.97. The maximum absolute atomic E-state index is 3.30. The fourth-order valence-corrected chi connectivity index (χ4v) is 3.07. The molecule has 0 amide bonds. The molecule has 5 rings (SSSR count). The second-order valence-electron chi connectivity index (χ2n) is 5.55. The number of fused-ring (bicyclic) bond motifs is 4. The molecular formula is C22H16F3Zr-2. The van der Waals surface area contributed by atoms with Gasteiger partial charge in [-0.25, -0.2) is 0 Å². The molecule has 1 radical (unpaired) electrons. The molecule has 131 valence electrons. The van der Waals surface area contributed by atoms with E-state index < -0.39 is 0 Å². The van der Waals surface area contributed by atoms with Crippen LogP contribution in [0.4, 0.5) is 0 Å². The minimum Gasteiger partial charge on any atom is -1.00 e. The van der Waals surface area contributed by atoms with Gasteiger partial charge in [-0.3, -0.25) is 0 Å². The van der Waals surface area contributed by atoms with Crippen molar-refractivity contribution in [2.75, 3.05) is 0 Å². The standard InChI is InChI=1S/C13H9.C9H7.3FH.Zr/c1-3-7-12-10(5-1)9-11-6-2-4-8-13(11)12;1-2-5-9-7-3-6-8(9)4-1;;;;/h1-5,7-8H,9H2;1-7H;3*1H;/q2*-1;;;;+3/p-3. The van der Waals surface area contributed by atoms with Crippen LogP contribution in [0.5, 0.6) is 0 Å². The predicted octanol–water partition coefficient (Wildman–Crippen LogP) is -3.37. The molecule has 0 N–H and O–H groups in total. The molecule has 0 unspecified atom stereocenters. The van der Waals surface area contributed by atoms with E-state index >= 15 is 0 Å². The van der Waals surface area contributed by atoms with E-state index in [2.05, 4.69) is 84.9 Å². The van der Waals surface area contributed by atoms with Crippen LogP contribution >= 0.6 is 0 Å². The van der Waals surface area contributed by atoms with Crippen LogP contribution in [0.3, 0.4) is 0 Å². The predicted molar refractivity (Wildman–Crippen MR) is 93.1 cm³/mol. The summed E-state index contributed by atoms with van der Waals surface area (Å²) in [5, 5.41) is 2.66.